The molecule has 1 saturated carbocycles. The number of nitrogens with zero attached hydrogens (tertiary/aromatic N) is 5. The van der Waals surface area contributed by atoms with Crippen LogP contribution in [-0.4, -0.2) is 54.7 Å². The molecule has 1 unspecified atom stereocenters. The number of aromatic carboxylic acids is 1. The number of benzene rings is 1. The van der Waals surface area contributed by atoms with Crippen LogP contribution in [0.3, 0.4) is 0 Å². The summed E-state index contributed by atoms with van der Waals surface area (Å²) in [7, 11) is 0. The average Bonchev–Trinajstić information content (AvgIpc) is 3.54. The summed E-state index contributed by atoms with van der Waals surface area (Å²) in [6.45, 7) is 6.55. The number of carboxylic acids is 1. The molecule has 9 heteroatoms. The maximum absolute atomic E-state index is 13.8. The summed E-state index contributed by atoms with van der Waals surface area (Å²) < 4.78 is 4.19. The third-order valence-corrected chi connectivity index (χ3v) is 12.5. The van der Waals surface area contributed by atoms with Crippen LogP contribution in [0.2, 0.25) is 5.21 Å². The second-order valence-corrected chi connectivity index (χ2v) is 15.3. The van der Waals surface area contributed by atoms with Crippen LogP contribution in [0.15, 0.2) is 55.0 Å². The molecular weight excluding hydrogens is 541 g/mol. The van der Waals surface area contributed by atoms with E-state index in [1.165, 1.54) is 0 Å². The Hall–Kier alpha value is -3.25. The van der Waals surface area contributed by atoms with E-state index in [1.54, 1.807) is 21.6 Å². The van der Waals surface area contributed by atoms with Crippen molar-refractivity contribution in [2.24, 2.45) is 17.8 Å². The molecule has 4 aromatic rings. The van der Waals surface area contributed by atoms with Gasteiger partial charge in [-0.2, -0.15) is 0 Å². The molecule has 0 spiro atoms. The van der Waals surface area contributed by atoms with Crippen LogP contribution < -0.4 is 4.48 Å². The van der Waals surface area contributed by atoms with Gasteiger partial charge >= 0.3 is 228 Å². The number of hydrogen-bond acceptors (Lipinski definition) is 5. The van der Waals surface area contributed by atoms with Gasteiger partial charge in [-0.1, -0.05) is 0 Å². The van der Waals surface area contributed by atoms with Gasteiger partial charge in [0.2, 0.25) is 0 Å². The number of carboxylic acid groups (broad SMARTS) is 1. The number of rotatable bonds is 9. The molecule has 3 aromatic heterocycles. The Balaban J connectivity index is 1.45. The van der Waals surface area contributed by atoms with E-state index in [0.717, 1.165) is 59.9 Å². The predicted molar refractivity (Wildman–Crippen MR) is 148 cm³/mol. The Bertz CT molecular complexity index is 1400. The van der Waals surface area contributed by atoms with Gasteiger partial charge in [0.15, 0.2) is 0 Å². The van der Waals surface area contributed by atoms with Gasteiger partial charge in [0.25, 0.3) is 0 Å². The minimum absolute atomic E-state index is 0.0457. The van der Waals surface area contributed by atoms with Crippen molar-refractivity contribution in [1.82, 2.24) is 24.4 Å². The van der Waals surface area contributed by atoms with Crippen molar-refractivity contribution < 1.29 is 14.7 Å². The second-order valence-electron chi connectivity index (χ2n) is 10.7. The van der Waals surface area contributed by atoms with Crippen molar-refractivity contribution in [3.8, 4) is 16.9 Å². The standard InChI is InChI=1S/C29H34AsN5O3/c1-19(2)13-14-30(28(36)22-7-5-20(3)6-8-22)27-24(29(37)38)18-35(33-27)23-11-9-21(10-12-23)25-17-26-31-15-4-16-34(26)32-25/h4,9-12,15-20,22H,5-8,13-14H2,1-3H3,(H,37,38)/t20-,22-,30?. The topological polar surface area (TPSA) is 102 Å². The summed E-state index contributed by atoms with van der Waals surface area (Å²) >= 11 is -2.37. The summed E-state index contributed by atoms with van der Waals surface area (Å²) in [6.07, 6.45) is 10.0. The van der Waals surface area contributed by atoms with Crippen LogP contribution in [0.5, 0.6) is 0 Å². The molecule has 1 fully saturated rings. The summed E-state index contributed by atoms with van der Waals surface area (Å²) in [6, 6.07) is 11.5. The molecular formula is C29H34AsN5O3. The molecule has 0 radical (unpaired) electrons. The molecule has 1 atom stereocenters. The summed E-state index contributed by atoms with van der Waals surface area (Å²) in [5.41, 5.74) is 3.42. The van der Waals surface area contributed by atoms with Crippen LogP contribution in [-0.2, 0) is 4.79 Å². The molecule has 198 valence electrons. The molecule has 5 rings (SSSR count). The first-order valence-electron chi connectivity index (χ1n) is 13.4. The Morgan fingerprint density at radius 2 is 1.84 bits per heavy atom. The van der Waals surface area contributed by atoms with Crippen molar-refractivity contribution in [3.63, 3.8) is 0 Å². The number of carbonyl (C=O) groups excluding carboxylic acids is 1. The van der Waals surface area contributed by atoms with Gasteiger partial charge in [-0.05, 0) is 0 Å². The van der Waals surface area contributed by atoms with E-state index >= 15 is 0 Å². The van der Waals surface area contributed by atoms with E-state index in [0.29, 0.717) is 20.9 Å². The van der Waals surface area contributed by atoms with Crippen LogP contribution in [0.25, 0.3) is 22.6 Å². The monoisotopic (exact) mass is 575 g/mol. The zero-order valence-electron chi connectivity index (χ0n) is 22.1. The summed E-state index contributed by atoms with van der Waals surface area (Å²) in [5.74, 6) is 0.131. The molecule has 0 saturated heterocycles. The maximum atomic E-state index is 13.8. The van der Waals surface area contributed by atoms with Crippen molar-refractivity contribution in [2.75, 3.05) is 0 Å². The molecule has 0 bridgehead atoms. The fraction of sp³-hybridized carbons (Fsp3) is 0.414. The Morgan fingerprint density at radius 3 is 2.50 bits per heavy atom. The molecule has 8 nitrogen and oxygen atoms in total. The van der Waals surface area contributed by atoms with Crippen molar-refractivity contribution in [2.45, 2.75) is 58.1 Å². The van der Waals surface area contributed by atoms with Crippen LogP contribution in [0.4, 0.5) is 0 Å². The van der Waals surface area contributed by atoms with Gasteiger partial charge in [-0.25, -0.2) is 0 Å². The van der Waals surface area contributed by atoms with Crippen molar-refractivity contribution in [3.05, 3.63) is 60.6 Å². The van der Waals surface area contributed by atoms with E-state index in [-0.39, 0.29) is 11.5 Å². The molecule has 1 N–H and O–H groups in total. The van der Waals surface area contributed by atoms with Gasteiger partial charge in [-0.15, -0.1) is 0 Å². The Labute approximate surface area is 227 Å². The van der Waals surface area contributed by atoms with E-state index in [2.05, 4.69) is 30.9 Å². The molecule has 3 heterocycles. The van der Waals surface area contributed by atoms with Crippen molar-refractivity contribution in [1.29, 1.82) is 0 Å². The van der Waals surface area contributed by atoms with Gasteiger partial charge in [0, 0.05) is 0 Å². The number of carbonyl (C=O) groups is 2. The van der Waals surface area contributed by atoms with Crippen molar-refractivity contribution >= 4 is 35.3 Å². The van der Waals surface area contributed by atoms with E-state index in [1.807, 2.05) is 42.6 Å². The fourth-order valence-corrected chi connectivity index (χ4v) is 10.8. The van der Waals surface area contributed by atoms with Gasteiger partial charge in [-0.3, -0.25) is 0 Å². The molecule has 1 aliphatic rings. The Kier molecular flexibility index (Phi) is 7.80. The van der Waals surface area contributed by atoms with E-state index < -0.39 is 20.6 Å². The first-order chi connectivity index (χ1) is 18.3. The molecule has 1 aromatic carbocycles. The predicted octanol–water partition coefficient (Wildman–Crippen LogP) is 4.96. The fourth-order valence-electron chi connectivity index (χ4n) is 5.04. The molecule has 0 amide bonds. The van der Waals surface area contributed by atoms with Crippen LogP contribution in [0, 0.1) is 17.8 Å². The number of hydrogen-bond donors (Lipinski definition) is 1. The number of aromatic nitrogens is 5. The average molecular weight is 576 g/mol. The first-order valence-corrected chi connectivity index (χ1v) is 16.6. The molecule has 38 heavy (non-hydrogen) atoms. The van der Waals surface area contributed by atoms with E-state index in [9.17, 15) is 14.7 Å². The van der Waals surface area contributed by atoms with Gasteiger partial charge in [0.1, 0.15) is 0 Å². The quantitative estimate of drug-likeness (QED) is 0.283. The third-order valence-electron chi connectivity index (χ3n) is 7.41. The minimum atomic E-state index is -2.37. The summed E-state index contributed by atoms with van der Waals surface area (Å²) in [4.78, 5) is 30.5. The number of fused-ring (bicyclic) bond motifs is 1. The second kappa shape index (κ2) is 11.2. The van der Waals surface area contributed by atoms with Crippen LogP contribution >= 0.6 is 0 Å². The SMILES string of the molecule is CC(C)CC[As](c1nn(-c2ccc(-c3cc4ncccn4n3)cc2)cc1C(=O)O)C(=O)[C@H]1CC[C@H](C)CC1. The van der Waals surface area contributed by atoms with Gasteiger partial charge < -0.3 is 0 Å². The molecule has 0 aliphatic heterocycles. The zero-order chi connectivity index (χ0) is 26.8. The normalized spacial score (nSPS) is 18.6. The Morgan fingerprint density at radius 1 is 1.11 bits per heavy atom. The first kappa shape index (κ1) is 26.4. The zero-order valence-corrected chi connectivity index (χ0v) is 24.0. The van der Waals surface area contributed by atoms with Crippen LogP contribution in [0.1, 0.15) is 63.2 Å². The molecule has 1 aliphatic carbocycles. The summed E-state index contributed by atoms with van der Waals surface area (Å²) in [5, 5.41) is 20.2. The van der Waals surface area contributed by atoms with E-state index in [4.69, 9.17) is 5.10 Å². The third kappa shape index (κ3) is 5.60. The van der Waals surface area contributed by atoms with Gasteiger partial charge in [0.05, 0.1) is 0 Å².